The zero-order chi connectivity index (χ0) is 22.0. The van der Waals surface area contributed by atoms with Crippen molar-refractivity contribution in [2.24, 2.45) is 0 Å². The normalized spacial score (nSPS) is 11.1. The Hall–Kier alpha value is -3.18. The van der Waals surface area contributed by atoms with E-state index in [1.807, 2.05) is 0 Å². The summed E-state index contributed by atoms with van der Waals surface area (Å²) in [6.45, 7) is -0.272. The first kappa shape index (κ1) is 23.1. The van der Waals surface area contributed by atoms with Gasteiger partial charge in [-0.1, -0.05) is 35.9 Å². The molecule has 1 heterocycles. The maximum atomic E-state index is 12.0. The summed E-state index contributed by atoms with van der Waals surface area (Å²) >= 11 is 5.77. The molecule has 0 bridgehead atoms. The molecule has 30 heavy (non-hydrogen) atoms. The van der Waals surface area contributed by atoms with Crippen LogP contribution >= 0.6 is 11.6 Å². The summed E-state index contributed by atoms with van der Waals surface area (Å²) in [5.41, 5.74) is 0.339. The minimum atomic E-state index is -3.53. The van der Waals surface area contributed by atoms with E-state index in [1.54, 1.807) is 30.3 Å². The van der Waals surface area contributed by atoms with E-state index in [2.05, 4.69) is 20.6 Å². The molecule has 10 nitrogen and oxygen atoms in total. The van der Waals surface area contributed by atoms with Crippen molar-refractivity contribution in [1.29, 1.82) is 0 Å². The number of nitrogens with one attached hydrogen (secondary N) is 2. The van der Waals surface area contributed by atoms with Crippen LogP contribution in [0.25, 0.3) is 0 Å². The Morgan fingerprint density at radius 1 is 1.20 bits per heavy atom. The molecule has 0 saturated carbocycles. The first-order valence-corrected chi connectivity index (χ1v) is 10.7. The zero-order valence-electron chi connectivity index (χ0n) is 15.9. The topological polar surface area (TPSA) is 137 Å². The molecule has 160 valence electrons. The average Bonchev–Trinajstić information content (AvgIpc) is 2.71. The molecule has 0 aliphatic carbocycles. The molecule has 0 fully saturated rings. The molecule has 0 radical (unpaired) electrons. The predicted molar refractivity (Wildman–Crippen MR) is 110 cm³/mol. The van der Waals surface area contributed by atoms with Crippen LogP contribution in [0.3, 0.4) is 0 Å². The minimum Gasteiger partial charge on any atom is -0.481 e. The molecule has 0 spiro atoms. The van der Waals surface area contributed by atoms with Crippen LogP contribution < -0.4 is 15.4 Å². The number of amides is 2. The SMILES string of the molecule is COc1cc(Cl)nc(NC(=O)NC=CCS(=O)(=O)CCOC(=O)c2ccccc2)n1. The molecular formula is C18H19ClN4O6S. The number of carbonyl (C=O) groups excluding carboxylic acids is 2. The summed E-state index contributed by atoms with van der Waals surface area (Å²) in [4.78, 5) is 31.2. The second kappa shape index (κ2) is 11.1. The van der Waals surface area contributed by atoms with Crippen molar-refractivity contribution in [2.75, 3.05) is 30.5 Å². The molecule has 0 aliphatic heterocycles. The number of nitrogens with zero attached hydrogens (tertiary/aromatic N) is 2. The summed E-state index contributed by atoms with van der Waals surface area (Å²) in [6, 6.07) is 8.91. The van der Waals surface area contributed by atoms with E-state index in [1.165, 1.54) is 19.3 Å². The molecule has 0 atom stereocenters. The number of sulfone groups is 1. The van der Waals surface area contributed by atoms with E-state index in [-0.39, 0.29) is 35.1 Å². The Balaban J connectivity index is 1.74. The van der Waals surface area contributed by atoms with Gasteiger partial charge in [0.25, 0.3) is 0 Å². The van der Waals surface area contributed by atoms with Crippen LogP contribution in [-0.4, -0.2) is 55.6 Å². The lowest BCUT2D eigenvalue weighted by atomic mass is 10.2. The van der Waals surface area contributed by atoms with Gasteiger partial charge in [-0.25, -0.2) is 23.0 Å². The van der Waals surface area contributed by atoms with Gasteiger partial charge in [-0.2, -0.15) is 4.98 Å². The summed E-state index contributed by atoms with van der Waals surface area (Å²) < 4.78 is 33.8. The second-order valence-electron chi connectivity index (χ2n) is 5.67. The Morgan fingerprint density at radius 2 is 1.93 bits per heavy atom. The number of hydrogen-bond acceptors (Lipinski definition) is 8. The molecule has 2 amide bonds. The predicted octanol–water partition coefficient (Wildman–Crippen LogP) is 2.05. The number of ether oxygens (including phenoxy) is 2. The fourth-order valence-electron chi connectivity index (χ4n) is 2.03. The van der Waals surface area contributed by atoms with Crippen LogP contribution in [0.1, 0.15) is 10.4 Å². The summed E-state index contributed by atoms with van der Waals surface area (Å²) in [5.74, 6) is -1.21. The number of benzene rings is 1. The number of methoxy groups -OCH3 is 1. The van der Waals surface area contributed by atoms with Crippen molar-refractivity contribution in [2.45, 2.75) is 0 Å². The largest absolute Gasteiger partial charge is 0.481 e. The maximum absolute atomic E-state index is 12.0. The Morgan fingerprint density at radius 3 is 2.63 bits per heavy atom. The molecular weight excluding hydrogens is 436 g/mol. The molecule has 2 N–H and O–H groups in total. The monoisotopic (exact) mass is 454 g/mol. The molecule has 2 aromatic rings. The molecule has 2 rings (SSSR count). The lowest BCUT2D eigenvalue weighted by Gasteiger charge is -2.06. The van der Waals surface area contributed by atoms with E-state index in [9.17, 15) is 18.0 Å². The van der Waals surface area contributed by atoms with Crippen LogP contribution in [0.5, 0.6) is 5.88 Å². The first-order chi connectivity index (χ1) is 14.3. The fraction of sp³-hybridized carbons (Fsp3) is 0.222. The smallest absolute Gasteiger partial charge is 0.338 e. The van der Waals surface area contributed by atoms with Gasteiger partial charge >= 0.3 is 12.0 Å². The van der Waals surface area contributed by atoms with Crippen molar-refractivity contribution < 1.29 is 27.5 Å². The van der Waals surface area contributed by atoms with Gasteiger partial charge in [0.1, 0.15) is 11.8 Å². The number of urea groups is 1. The number of rotatable bonds is 9. The van der Waals surface area contributed by atoms with Crippen LogP contribution in [0.2, 0.25) is 5.15 Å². The third kappa shape index (κ3) is 8.05. The van der Waals surface area contributed by atoms with Crippen molar-refractivity contribution in [3.05, 3.63) is 59.4 Å². The second-order valence-corrected chi connectivity index (χ2v) is 8.29. The Bertz CT molecular complexity index is 1010. The average molecular weight is 455 g/mol. The van der Waals surface area contributed by atoms with E-state index in [0.29, 0.717) is 5.56 Å². The van der Waals surface area contributed by atoms with Gasteiger partial charge in [0, 0.05) is 12.3 Å². The highest BCUT2D eigenvalue weighted by atomic mass is 35.5. The third-order valence-electron chi connectivity index (χ3n) is 3.43. The van der Waals surface area contributed by atoms with Gasteiger partial charge in [0.2, 0.25) is 11.8 Å². The summed E-state index contributed by atoms with van der Waals surface area (Å²) in [6.07, 6.45) is 2.40. The van der Waals surface area contributed by atoms with E-state index in [0.717, 1.165) is 6.20 Å². The highest BCUT2D eigenvalue weighted by Crippen LogP contribution is 2.15. The number of aromatic nitrogens is 2. The van der Waals surface area contributed by atoms with Crippen LogP contribution in [0.15, 0.2) is 48.7 Å². The van der Waals surface area contributed by atoms with E-state index in [4.69, 9.17) is 21.1 Å². The quantitative estimate of drug-likeness (QED) is 0.434. The van der Waals surface area contributed by atoms with Crippen LogP contribution in [0.4, 0.5) is 10.7 Å². The van der Waals surface area contributed by atoms with Crippen LogP contribution in [0, 0.1) is 0 Å². The fourth-order valence-corrected chi connectivity index (χ4v) is 3.09. The third-order valence-corrected chi connectivity index (χ3v) is 5.11. The summed E-state index contributed by atoms with van der Waals surface area (Å²) in [5, 5.41) is 4.71. The zero-order valence-corrected chi connectivity index (χ0v) is 17.4. The van der Waals surface area contributed by atoms with E-state index >= 15 is 0 Å². The lowest BCUT2D eigenvalue weighted by molar-refractivity contribution is 0.0529. The van der Waals surface area contributed by atoms with Crippen molar-refractivity contribution in [3.8, 4) is 5.88 Å². The first-order valence-electron chi connectivity index (χ1n) is 8.53. The lowest BCUT2D eigenvalue weighted by Crippen LogP contribution is -2.25. The van der Waals surface area contributed by atoms with Crippen molar-refractivity contribution in [3.63, 3.8) is 0 Å². The van der Waals surface area contributed by atoms with E-state index < -0.39 is 21.8 Å². The van der Waals surface area contributed by atoms with Gasteiger partial charge in [-0.05, 0) is 12.1 Å². The van der Waals surface area contributed by atoms with Gasteiger partial charge in [-0.3, -0.25) is 5.32 Å². The van der Waals surface area contributed by atoms with Gasteiger partial charge < -0.3 is 14.8 Å². The molecule has 1 aromatic heterocycles. The number of anilines is 1. The summed E-state index contributed by atoms with van der Waals surface area (Å²) in [7, 11) is -2.14. The van der Waals surface area contributed by atoms with Crippen molar-refractivity contribution in [1.82, 2.24) is 15.3 Å². The maximum Gasteiger partial charge on any atom is 0.338 e. The highest BCUT2D eigenvalue weighted by Gasteiger charge is 2.12. The molecule has 1 aromatic carbocycles. The minimum absolute atomic E-state index is 0.0757. The van der Waals surface area contributed by atoms with Gasteiger partial charge in [0.15, 0.2) is 9.84 Å². The standard InChI is InChI=1S/C18H19ClN4O6S/c1-28-15-12-14(19)21-17(22-15)23-18(25)20-8-5-10-30(26,27)11-9-29-16(24)13-6-3-2-4-7-13/h2-8,12H,9-11H2,1H3,(H2,20,21,22,23,25). The van der Waals surface area contributed by atoms with Crippen LogP contribution in [-0.2, 0) is 14.6 Å². The Kier molecular flexibility index (Phi) is 8.56. The number of esters is 1. The Labute approximate surface area is 178 Å². The number of halogens is 1. The molecule has 12 heteroatoms. The van der Waals surface area contributed by atoms with Gasteiger partial charge in [-0.15, -0.1) is 0 Å². The molecule has 0 saturated heterocycles. The van der Waals surface area contributed by atoms with Crippen molar-refractivity contribution >= 4 is 39.4 Å². The molecule has 0 aliphatic rings. The highest BCUT2D eigenvalue weighted by molar-refractivity contribution is 7.91. The van der Waals surface area contributed by atoms with Gasteiger partial charge in [0.05, 0.1) is 24.2 Å². The number of hydrogen-bond donors (Lipinski definition) is 2. The molecule has 0 unspecified atom stereocenters. The number of carbonyl (C=O) groups is 2.